The van der Waals surface area contributed by atoms with E-state index in [1.165, 1.54) is 6.33 Å². The van der Waals surface area contributed by atoms with Gasteiger partial charge >= 0.3 is 0 Å². The molecule has 0 atom stereocenters. The summed E-state index contributed by atoms with van der Waals surface area (Å²) in [5.41, 5.74) is 7.27. The maximum atomic E-state index is 5.66. The summed E-state index contributed by atoms with van der Waals surface area (Å²) >= 11 is 0. The molecule has 0 aliphatic rings. The number of anilines is 1. The summed E-state index contributed by atoms with van der Waals surface area (Å²) in [5.74, 6) is 1.50. The summed E-state index contributed by atoms with van der Waals surface area (Å²) in [5, 5.41) is 4.18. The van der Waals surface area contributed by atoms with E-state index in [4.69, 9.17) is 10.5 Å². The number of nitrogen functional groups attached to an aromatic ring is 1. The fraction of sp³-hybridized carbons (Fsp3) is 0.300. The fourth-order valence-electron chi connectivity index (χ4n) is 1.33. The minimum atomic E-state index is 0.420. The first-order valence-electron chi connectivity index (χ1n) is 4.83. The standard InChI is InChI=1S/C10H13N5O/c1-6-4-8(15(3)14-6)16-10-7(2)9(11)12-5-13-10/h4-5H,1-3H3,(H2,11,12,13). The molecular weight excluding hydrogens is 206 g/mol. The molecule has 0 saturated carbocycles. The Kier molecular flexibility index (Phi) is 2.47. The Morgan fingerprint density at radius 3 is 2.69 bits per heavy atom. The molecule has 2 heterocycles. The third-order valence-corrected chi connectivity index (χ3v) is 2.24. The molecule has 84 valence electrons. The number of nitrogens with zero attached hydrogens (tertiary/aromatic N) is 4. The Labute approximate surface area is 93.1 Å². The van der Waals surface area contributed by atoms with Gasteiger partial charge < -0.3 is 10.5 Å². The number of hydrogen-bond donors (Lipinski definition) is 1. The first-order valence-corrected chi connectivity index (χ1v) is 4.83. The van der Waals surface area contributed by atoms with E-state index in [9.17, 15) is 0 Å². The van der Waals surface area contributed by atoms with Gasteiger partial charge in [-0.25, -0.2) is 14.6 Å². The minimum absolute atomic E-state index is 0.420. The quantitative estimate of drug-likeness (QED) is 0.821. The maximum absolute atomic E-state index is 5.66. The SMILES string of the molecule is Cc1cc(Oc2ncnc(N)c2C)n(C)n1. The molecule has 0 amide bonds. The second-order valence-electron chi connectivity index (χ2n) is 3.54. The monoisotopic (exact) mass is 219 g/mol. The minimum Gasteiger partial charge on any atom is -0.420 e. The van der Waals surface area contributed by atoms with Crippen molar-refractivity contribution < 1.29 is 4.74 Å². The van der Waals surface area contributed by atoms with Crippen LogP contribution in [0.3, 0.4) is 0 Å². The van der Waals surface area contributed by atoms with E-state index in [1.54, 1.807) is 4.68 Å². The van der Waals surface area contributed by atoms with Crippen LogP contribution in [0.15, 0.2) is 12.4 Å². The summed E-state index contributed by atoms with van der Waals surface area (Å²) in [6.45, 7) is 3.71. The van der Waals surface area contributed by atoms with Crippen molar-refractivity contribution in [3.63, 3.8) is 0 Å². The highest BCUT2D eigenvalue weighted by molar-refractivity contribution is 5.44. The molecule has 2 aromatic rings. The van der Waals surface area contributed by atoms with E-state index < -0.39 is 0 Å². The van der Waals surface area contributed by atoms with E-state index in [-0.39, 0.29) is 0 Å². The van der Waals surface area contributed by atoms with Crippen molar-refractivity contribution in [2.24, 2.45) is 7.05 Å². The third-order valence-electron chi connectivity index (χ3n) is 2.24. The van der Waals surface area contributed by atoms with Crippen LogP contribution in [-0.4, -0.2) is 19.7 Å². The number of rotatable bonds is 2. The van der Waals surface area contributed by atoms with Crippen LogP contribution < -0.4 is 10.5 Å². The van der Waals surface area contributed by atoms with Gasteiger partial charge in [0.05, 0.1) is 11.3 Å². The van der Waals surface area contributed by atoms with Crippen molar-refractivity contribution in [2.75, 3.05) is 5.73 Å². The summed E-state index contributed by atoms with van der Waals surface area (Å²) in [6, 6.07) is 1.83. The molecule has 0 saturated heterocycles. The molecule has 0 aliphatic carbocycles. The van der Waals surface area contributed by atoms with Gasteiger partial charge in [0.2, 0.25) is 11.8 Å². The van der Waals surface area contributed by atoms with Crippen molar-refractivity contribution in [2.45, 2.75) is 13.8 Å². The lowest BCUT2D eigenvalue weighted by atomic mass is 10.3. The lowest BCUT2D eigenvalue weighted by Crippen LogP contribution is -2.01. The molecule has 6 heteroatoms. The Balaban J connectivity index is 2.34. The Morgan fingerprint density at radius 1 is 1.31 bits per heavy atom. The molecule has 6 nitrogen and oxygen atoms in total. The summed E-state index contributed by atoms with van der Waals surface area (Å²) in [4.78, 5) is 7.90. The van der Waals surface area contributed by atoms with E-state index in [0.29, 0.717) is 17.6 Å². The molecule has 0 spiro atoms. The van der Waals surface area contributed by atoms with Gasteiger partial charge in [0.15, 0.2) is 0 Å². The average Bonchev–Trinajstić information content (AvgIpc) is 2.53. The second kappa shape index (κ2) is 3.80. The smallest absolute Gasteiger partial charge is 0.229 e. The van der Waals surface area contributed by atoms with Gasteiger partial charge in [0.25, 0.3) is 0 Å². The van der Waals surface area contributed by atoms with Crippen molar-refractivity contribution in [1.29, 1.82) is 0 Å². The number of ether oxygens (including phenoxy) is 1. The van der Waals surface area contributed by atoms with Gasteiger partial charge in [0.1, 0.15) is 12.1 Å². The van der Waals surface area contributed by atoms with E-state index in [2.05, 4.69) is 15.1 Å². The highest BCUT2D eigenvalue weighted by Gasteiger charge is 2.09. The third kappa shape index (κ3) is 1.81. The molecule has 0 unspecified atom stereocenters. The molecular formula is C10H13N5O. The zero-order valence-electron chi connectivity index (χ0n) is 9.43. The van der Waals surface area contributed by atoms with E-state index in [1.807, 2.05) is 27.0 Å². The van der Waals surface area contributed by atoms with Crippen LogP contribution in [0.5, 0.6) is 11.8 Å². The van der Waals surface area contributed by atoms with Crippen LogP contribution in [0.25, 0.3) is 0 Å². The Hall–Kier alpha value is -2.11. The highest BCUT2D eigenvalue weighted by Crippen LogP contribution is 2.24. The number of hydrogen-bond acceptors (Lipinski definition) is 5. The average molecular weight is 219 g/mol. The lowest BCUT2D eigenvalue weighted by molar-refractivity contribution is 0.412. The molecule has 0 bridgehead atoms. The van der Waals surface area contributed by atoms with E-state index in [0.717, 1.165) is 11.3 Å². The van der Waals surface area contributed by atoms with Crippen LogP contribution in [0.4, 0.5) is 5.82 Å². The number of aryl methyl sites for hydroxylation is 2. The van der Waals surface area contributed by atoms with Crippen molar-refractivity contribution in [3.8, 4) is 11.8 Å². The van der Waals surface area contributed by atoms with Gasteiger partial charge in [-0.2, -0.15) is 5.10 Å². The van der Waals surface area contributed by atoms with Crippen LogP contribution in [0.2, 0.25) is 0 Å². The van der Waals surface area contributed by atoms with Crippen LogP contribution in [-0.2, 0) is 7.05 Å². The predicted octanol–water partition coefficient (Wildman–Crippen LogP) is 1.20. The van der Waals surface area contributed by atoms with Gasteiger partial charge in [0, 0.05) is 13.1 Å². The van der Waals surface area contributed by atoms with Crippen LogP contribution in [0, 0.1) is 13.8 Å². The molecule has 0 aliphatic heterocycles. The summed E-state index contributed by atoms with van der Waals surface area (Å²) in [7, 11) is 1.81. The Bertz CT molecular complexity index is 520. The summed E-state index contributed by atoms with van der Waals surface area (Å²) in [6.07, 6.45) is 1.38. The summed E-state index contributed by atoms with van der Waals surface area (Å²) < 4.78 is 7.26. The molecule has 2 rings (SSSR count). The van der Waals surface area contributed by atoms with Crippen LogP contribution in [0.1, 0.15) is 11.3 Å². The zero-order valence-corrected chi connectivity index (χ0v) is 9.43. The molecule has 0 aromatic carbocycles. The fourth-order valence-corrected chi connectivity index (χ4v) is 1.33. The maximum Gasteiger partial charge on any atom is 0.229 e. The molecule has 2 N–H and O–H groups in total. The zero-order chi connectivity index (χ0) is 11.7. The first-order chi connectivity index (χ1) is 7.58. The molecule has 0 radical (unpaired) electrons. The second-order valence-corrected chi connectivity index (χ2v) is 3.54. The lowest BCUT2D eigenvalue weighted by Gasteiger charge is -2.07. The highest BCUT2D eigenvalue weighted by atomic mass is 16.5. The van der Waals surface area contributed by atoms with E-state index >= 15 is 0 Å². The normalized spacial score (nSPS) is 10.4. The van der Waals surface area contributed by atoms with Gasteiger partial charge in [-0.05, 0) is 13.8 Å². The molecule has 0 fully saturated rings. The molecule has 2 aromatic heterocycles. The van der Waals surface area contributed by atoms with Gasteiger partial charge in [-0.15, -0.1) is 0 Å². The van der Waals surface area contributed by atoms with Crippen LogP contribution >= 0.6 is 0 Å². The van der Waals surface area contributed by atoms with Crippen molar-refractivity contribution in [1.82, 2.24) is 19.7 Å². The van der Waals surface area contributed by atoms with Gasteiger partial charge in [-0.3, -0.25) is 0 Å². The predicted molar refractivity (Wildman–Crippen MR) is 59.2 cm³/mol. The molecule has 16 heavy (non-hydrogen) atoms. The van der Waals surface area contributed by atoms with Gasteiger partial charge in [-0.1, -0.05) is 0 Å². The number of aromatic nitrogens is 4. The van der Waals surface area contributed by atoms with Crippen molar-refractivity contribution >= 4 is 5.82 Å². The Morgan fingerprint density at radius 2 is 2.06 bits per heavy atom. The first kappa shape index (κ1) is 10.4. The van der Waals surface area contributed by atoms with Crippen molar-refractivity contribution in [3.05, 3.63) is 23.7 Å². The number of nitrogens with two attached hydrogens (primary N) is 1. The topological polar surface area (TPSA) is 78.9 Å². The largest absolute Gasteiger partial charge is 0.420 e.